The van der Waals surface area contributed by atoms with E-state index in [9.17, 15) is 14.0 Å². The summed E-state index contributed by atoms with van der Waals surface area (Å²) < 4.78 is 14.6. The van der Waals surface area contributed by atoms with Crippen LogP contribution < -0.4 is 10.2 Å². The van der Waals surface area contributed by atoms with Gasteiger partial charge in [-0.05, 0) is 54.8 Å². The number of benzene rings is 2. The lowest BCUT2D eigenvalue weighted by molar-refractivity contribution is -0.116. The molecule has 0 radical (unpaired) electrons. The second-order valence-corrected chi connectivity index (χ2v) is 7.52. The van der Waals surface area contributed by atoms with Crippen molar-refractivity contribution in [2.75, 3.05) is 16.8 Å². The highest BCUT2D eigenvalue weighted by molar-refractivity contribution is 9.10. The van der Waals surface area contributed by atoms with E-state index >= 15 is 0 Å². The van der Waals surface area contributed by atoms with E-state index in [4.69, 9.17) is 0 Å². The summed E-state index contributed by atoms with van der Waals surface area (Å²) in [6.07, 6.45) is 1.74. The number of halogens is 2. The normalized spacial score (nSPS) is 13.5. The maximum atomic E-state index is 14.0. The summed E-state index contributed by atoms with van der Waals surface area (Å²) in [5.74, 6) is -0.729. The Morgan fingerprint density at radius 1 is 1.22 bits per heavy atom. The van der Waals surface area contributed by atoms with Crippen molar-refractivity contribution in [1.82, 2.24) is 4.98 Å². The molecule has 0 saturated carbocycles. The highest BCUT2D eigenvalue weighted by atomic mass is 79.9. The van der Waals surface area contributed by atoms with E-state index < -0.39 is 5.82 Å². The van der Waals surface area contributed by atoms with Crippen LogP contribution in [0.5, 0.6) is 0 Å². The molecule has 0 spiro atoms. The molecule has 4 rings (SSSR count). The summed E-state index contributed by atoms with van der Waals surface area (Å²) in [5, 5.41) is 3.21. The first-order valence-electron chi connectivity index (χ1n) is 8.62. The van der Waals surface area contributed by atoms with Crippen LogP contribution in [0.4, 0.5) is 15.8 Å². The van der Waals surface area contributed by atoms with Crippen molar-refractivity contribution in [2.45, 2.75) is 19.8 Å². The fraction of sp³-hybridized carbons (Fsp3) is 0.200. The zero-order valence-corrected chi connectivity index (χ0v) is 16.2. The number of aryl methyl sites for hydroxylation is 1. The zero-order valence-electron chi connectivity index (χ0n) is 14.6. The molecular weight excluding hydrogens is 413 g/mol. The van der Waals surface area contributed by atoms with E-state index in [0.717, 1.165) is 24.1 Å². The number of hydrogen-bond donors (Lipinski definition) is 2. The SMILES string of the molecule is CC(=O)N1CCCc2cc(NC(=O)c3cc4c(F)cc(Br)cc4[nH]3)ccc21. The average molecular weight is 430 g/mol. The molecule has 0 bridgehead atoms. The van der Waals surface area contributed by atoms with Crippen molar-refractivity contribution < 1.29 is 14.0 Å². The molecule has 138 valence electrons. The van der Waals surface area contributed by atoms with Crippen LogP contribution in [0.25, 0.3) is 10.9 Å². The fourth-order valence-corrected chi connectivity index (χ4v) is 3.91. The fourth-order valence-electron chi connectivity index (χ4n) is 3.48. The number of nitrogens with one attached hydrogen (secondary N) is 2. The van der Waals surface area contributed by atoms with Crippen molar-refractivity contribution in [1.29, 1.82) is 0 Å². The van der Waals surface area contributed by atoms with Crippen molar-refractivity contribution in [3.63, 3.8) is 0 Å². The minimum Gasteiger partial charge on any atom is -0.350 e. The van der Waals surface area contributed by atoms with Gasteiger partial charge in [-0.3, -0.25) is 9.59 Å². The highest BCUT2D eigenvalue weighted by Gasteiger charge is 2.20. The third kappa shape index (κ3) is 3.35. The molecule has 5 nitrogen and oxygen atoms in total. The number of carbonyl (C=O) groups is 2. The molecule has 2 amide bonds. The molecule has 3 aromatic rings. The van der Waals surface area contributed by atoms with Crippen LogP contribution in [0.3, 0.4) is 0 Å². The Kier molecular flexibility index (Phi) is 4.47. The predicted molar refractivity (Wildman–Crippen MR) is 107 cm³/mol. The molecule has 7 heteroatoms. The molecule has 2 heterocycles. The van der Waals surface area contributed by atoms with E-state index in [0.29, 0.717) is 27.6 Å². The van der Waals surface area contributed by atoms with Crippen molar-refractivity contribution in [3.8, 4) is 0 Å². The molecule has 0 aliphatic carbocycles. The molecule has 0 fully saturated rings. The molecule has 0 saturated heterocycles. The number of H-pyrrole nitrogens is 1. The summed E-state index contributed by atoms with van der Waals surface area (Å²) >= 11 is 3.24. The zero-order chi connectivity index (χ0) is 19.1. The third-order valence-electron chi connectivity index (χ3n) is 4.73. The molecule has 1 aliphatic rings. The summed E-state index contributed by atoms with van der Waals surface area (Å²) in [7, 11) is 0. The lowest BCUT2D eigenvalue weighted by Crippen LogP contribution is -2.33. The summed E-state index contributed by atoms with van der Waals surface area (Å²) in [6.45, 7) is 2.27. The summed E-state index contributed by atoms with van der Waals surface area (Å²) in [4.78, 5) is 29.0. The number of fused-ring (bicyclic) bond motifs is 2. The van der Waals surface area contributed by atoms with E-state index in [2.05, 4.69) is 26.2 Å². The van der Waals surface area contributed by atoms with Crippen molar-refractivity contribution >= 4 is 50.0 Å². The van der Waals surface area contributed by atoms with E-state index in [-0.39, 0.29) is 17.5 Å². The van der Waals surface area contributed by atoms with Gasteiger partial charge in [-0.15, -0.1) is 0 Å². The maximum Gasteiger partial charge on any atom is 0.272 e. The van der Waals surface area contributed by atoms with Gasteiger partial charge in [0.05, 0.1) is 5.52 Å². The summed E-state index contributed by atoms with van der Waals surface area (Å²) in [5.41, 5.74) is 3.40. The standard InChI is InChI=1S/C20H17BrFN3O2/c1-11(26)25-6-2-3-12-7-14(4-5-19(12)25)23-20(27)18-10-15-16(22)8-13(21)9-17(15)24-18/h4-5,7-10,24H,2-3,6H2,1H3,(H,23,27). The van der Waals surface area contributed by atoms with Gasteiger partial charge in [-0.25, -0.2) is 4.39 Å². The Labute approximate surface area is 163 Å². The number of aromatic amines is 1. The number of aromatic nitrogens is 1. The number of rotatable bonds is 2. The van der Waals surface area contributed by atoms with Gasteiger partial charge >= 0.3 is 0 Å². The number of hydrogen-bond acceptors (Lipinski definition) is 2. The first-order valence-corrected chi connectivity index (χ1v) is 9.42. The molecule has 1 aromatic heterocycles. The average Bonchev–Trinajstić information content (AvgIpc) is 3.05. The monoisotopic (exact) mass is 429 g/mol. The molecule has 0 unspecified atom stereocenters. The molecule has 2 N–H and O–H groups in total. The second-order valence-electron chi connectivity index (χ2n) is 6.60. The van der Waals surface area contributed by atoms with Crippen LogP contribution in [0, 0.1) is 5.82 Å². The third-order valence-corrected chi connectivity index (χ3v) is 5.19. The number of amides is 2. The van der Waals surface area contributed by atoms with Gasteiger partial charge in [0.25, 0.3) is 5.91 Å². The van der Waals surface area contributed by atoms with Crippen LogP contribution in [-0.4, -0.2) is 23.3 Å². The first kappa shape index (κ1) is 17.7. The van der Waals surface area contributed by atoms with Crippen LogP contribution in [-0.2, 0) is 11.2 Å². The highest BCUT2D eigenvalue weighted by Crippen LogP contribution is 2.30. The van der Waals surface area contributed by atoms with E-state index in [1.165, 1.54) is 12.1 Å². The first-order chi connectivity index (χ1) is 12.9. The summed E-state index contributed by atoms with van der Waals surface area (Å²) in [6, 6.07) is 10.1. The minimum atomic E-state index is -0.396. The molecule has 2 aromatic carbocycles. The van der Waals surface area contributed by atoms with Gasteiger partial charge in [0.1, 0.15) is 11.5 Å². The molecular formula is C20H17BrFN3O2. The Hall–Kier alpha value is -2.67. The minimum absolute atomic E-state index is 0.0130. The van der Waals surface area contributed by atoms with Crippen LogP contribution in [0.2, 0.25) is 0 Å². The van der Waals surface area contributed by atoms with Crippen LogP contribution in [0.15, 0.2) is 40.9 Å². The van der Waals surface area contributed by atoms with Gasteiger partial charge in [-0.2, -0.15) is 0 Å². The predicted octanol–water partition coefficient (Wildman–Crippen LogP) is 4.62. The van der Waals surface area contributed by atoms with Gasteiger partial charge in [0.2, 0.25) is 5.91 Å². The Bertz CT molecular complexity index is 1080. The Balaban J connectivity index is 1.60. The molecule has 27 heavy (non-hydrogen) atoms. The van der Waals surface area contributed by atoms with E-state index in [1.807, 2.05) is 12.1 Å². The van der Waals surface area contributed by atoms with Crippen molar-refractivity contribution in [2.24, 2.45) is 0 Å². The lowest BCUT2D eigenvalue weighted by atomic mass is 10.0. The van der Waals surface area contributed by atoms with Gasteiger partial charge < -0.3 is 15.2 Å². The Morgan fingerprint density at radius 2 is 2.04 bits per heavy atom. The van der Waals surface area contributed by atoms with Gasteiger partial charge in [0, 0.05) is 34.7 Å². The van der Waals surface area contributed by atoms with Gasteiger partial charge in [-0.1, -0.05) is 15.9 Å². The van der Waals surface area contributed by atoms with Crippen molar-refractivity contribution in [3.05, 3.63) is 57.9 Å². The smallest absolute Gasteiger partial charge is 0.272 e. The number of carbonyl (C=O) groups excluding carboxylic acids is 2. The van der Waals surface area contributed by atoms with E-state index in [1.54, 1.807) is 24.0 Å². The van der Waals surface area contributed by atoms with Crippen LogP contribution in [0.1, 0.15) is 29.4 Å². The number of nitrogens with zero attached hydrogens (tertiary/aromatic N) is 1. The largest absolute Gasteiger partial charge is 0.350 e. The maximum absolute atomic E-state index is 14.0. The Morgan fingerprint density at radius 3 is 2.81 bits per heavy atom. The van der Waals surface area contributed by atoms with Gasteiger partial charge in [0.15, 0.2) is 0 Å². The van der Waals surface area contributed by atoms with Crippen LogP contribution >= 0.6 is 15.9 Å². The molecule has 0 atom stereocenters. The lowest BCUT2D eigenvalue weighted by Gasteiger charge is -2.28. The molecule has 1 aliphatic heterocycles. The topological polar surface area (TPSA) is 65.2 Å². The second kappa shape index (κ2) is 6.81. The quantitative estimate of drug-likeness (QED) is 0.623. The number of anilines is 2.